The molecule has 2 aromatic heterocycles. The summed E-state index contributed by atoms with van der Waals surface area (Å²) < 4.78 is 68.7. The number of anilines is 1. The van der Waals surface area contributed by atoms with E-state index in [1.165, 1.54) is 7.11 Å². The third kappa shape index (κ3) is 4.22. The van der Waals surface area contributed by atoms with E-state index in [9.17, 15) is 8.78 Å². The van der Waals surface area contributed by atoms with Crippen molar-refractivity contribution in [2.24, 2.45) is 4.99 Å². The Labute approximate surface area is 227 Å². The minimum Gasteiger partial charge on any atom is -0.479 e. The van der Waals surface area contributed by atoms with Crippen LogP contribution in [0.15, 0.2) is 35.5 Å². The molecule has 4 aliphatic heterocycles. The smallest absolute Gasteiger partial charge is 0.280 e. The summed E-state index contributed by atoms with van der Waals surface area (Å²) in [6.45, 7) is 2.75. The van der Waals surface area contributed by atoms with E-state index in [4.69, 9.17) is 9.47 Å². The van der Waals surface area contributed by atoms with Gasteiger partial charge in [-0.15, -0.1) is 5.10 Å². The van der Waals surface area contributed by atoms with Crippen molar-refractivity contribution in [2.75, 3.05) is 45.3 Å². The van der Waals surface area contributed by atoms with E-state index in [1.807, 2.05) is 31.2 Å². The first kappa shape index (κ1) is 25.7. The number of aromatic nitrogens is 3. The second-order valence-electron chi connectivity index (χ2n) is 10.9. The lowest BCUT2D eigenvalue weighted by Crippen LogP contribution is -2.61. The predicted molar refractivity (Wildman–Crippen MR) is 140 cm³/mol. The summed E-state index contributed by atoms with van der Waals surface area (Å²) in [5.74, 6) is -2.68. The molecule has 1 N–H and O–H groups in total. The number of rotatable bonds is 7. The molecule has 13 heteroatoms. The highest BCUT2D eigenvalue weighted by molar-refractivity contribution is 5.96. The number of alkyl halides is 4. The topological polar surface area (TPSA) is 79.3 Å². The molecule has 1 aromatic carbocycles. The van der Waals surface area contributed by atoms with Gasteiger partial charge in [0.2, 0.25) is 11.8 Å². The predicted octanol–water partition coefficient (Wildman–Crippen LogP) is 4.02. The fraction of sp³-hybridized carbons (Fsp3) is 0.519. The minimum atomic E-state index is -2.97. The first-order valence-corrected chi connectivity index (χ1v) is 13.4. The SMILES string of the molecule is COc1nc(N[C@H]2CCN(C3COC3)CC2(F)F)nn2ccc(-c3ccc4c(c3)C3C(C(C)=N4)N3CC(F)F)c12. The first-order chi connectivity index (χ1) is 19.2. The summed E-state index contributed by atoms with van der Waals surface area (Å²) in [5, 5.41) is 7.32. The Kier molecular flexibility index (Phi) is 6.02. The van der Waals surface area contributed by atoms with Crippen molar-refractivity contribution in [1.29, 1.82) is 0 Å². The van der Waals surface area contributed by atoms with E-state index in [0.717, 1.165) is 28.1 Å². The number of hydrogen-bond donors (Lipinski definition) is 1. The lowest BCUT2D eigenvalue weighted by molar-refractivity contribution is -0.131. The van der Waals surface area contributed by atoms with Crippen molar-refractivity contribution in [2.45, 2.75) is 49.9 Å². The maximum atomic E-state index is 15.0. The van der Waals surface area contributed by atoms with E-state index in [2.05, 4.69) is 20.4 Å². The highest BCUT2D eigenvalue weighted by atomic mass is 19.3. The van der Waals surface area contributed by atoms with E-state index >= 15 is 8.78 Å². The maximum absolute atomic E-state index is 15.0. The molecule has 212 valence electrons. The molecule has 0 saturated carbocycles. The molecule has 9 nitrogen and oxygen atoms in total. The molecule has 0 radical (unpaired) electrons. The normalized spacial score (nSPS) is 27.6. The van der Waals surface area contributed by atoms with Gasteiger partial charge in [0.15, 0.2) is 0 Å². The molecule has 4 atom stereocenters. The number of piperidine rings is 1. The zero-order valence-electron chi connectivity index (χ0n) is 22.0. The van der Waals surface area contributed by atoms with Crippen molar-refractivity contribution in [1.82, 2.24) is 24.4 Å². The summed E-state index contributed by atoms with van der Waals surface area (Å²) >= 11 is 0. The van der Waals surface area contributed by atoms with Gasteiger partial charge in [-0.1, -0.05) is 6.07 Å². The molecule has 0 aliphatic carbocycles. The van der Waals surface area contributed by atoms with Gasteiger partial charge in [-0.3, -0.25) is 14.8 Å². The monoisotopic (exact) mass is 559 g/mol. The molecular weight excluding hydrogens is 530 g/mol. The van der Waals surface area contributed by atoms with E-state index in [0.29, 0.717) is 25.3 Å². The summed E-state index contributed by atoms with van der Waals surface area (Å²) in [5.41, 5.74) is 4.69. The molecule has 0 spiro atoms. The van der Waals surface area contributed by atoms with Crippen molar-refractivity contribution in [3.05, 3.63) is 36.0 Å². The first-order valence-electron chi connectivity index (χ1n) is 13.4. The number of nitrogens with zero attached hydrogens (tertiary/aromatic N) is 6. The number of halogens is 4. The highest BCUT2D eigenvalue weighted by Gasteiger charge is 2.54. The van der Waals surface area contributed by atoms with E-state index in [-0.39, 0.29) is 49.5 Å². The van der Waals surface area contributed by atoms with Crippen LogP contribution >= 0.6 is 0 Å². The average molecular weight is 560 g/mol. The fourth-order valence-corrected chi connectivity index (χ4v) is 6.27. The van der Waals surface area contributed by atoms with Crippen molar-refractivity contribution >= 4 is 22.9 Å². The Morgan fingerprint density at radius 3 is 2.73 bits per heavy atom. The van der Waals surface area contributed by atoms with Crippen LogP contribution in [-0.4, -0.2) is 101 Å². The van der Waals surface area contributed by atoms with Crippen LogP contribution in [0.2, 0.25) is 0 Å². The Morgan fingerprint density at radius 1 is 1.20 bits per heavy atom. The zero-order valence-corrected chi connectivity index (χ0v) is 22.0. The van der Waals surface area contributed by atoms with Crippen LogP contribution in [-0.2, 0) is 4.74 Å². The number of likely N-dealkylation sites (tertiary alicyclic amines) is 1. The Morgan fingerprint density at radius 2 is 2.02 bits per heavy atom. The third-order valence-electron chi connectivity index (χ3n) is 8.40. The number of benzene rings is 1. The van der Waals surface area contributed by atoms with Gasteiger partial charge in [-0.05, 0) is 42.7 Å². The number of aliphatic imine (C=N–C) groups is 1. The van der Waals surface area contributed by atoms with E-state index < -0.39 is 18.4 Å². The van der Waals surface area contributed by atoms with Gasteiger partial charge in [0.1, 0.15) is 5.52 Å². The molecule has 40 heavy (non-hydrogen) atoms. The lowest BCUT2D eigenvalue weighted by Gasteiger charge is -2.44. The lowest BCUT2D eigenvalue weighted by atomic mass is 9.97. The zero-order chi connectivity index (χ0) is 27.8. The summed E-state index contributed by atoms with van der Waals surface area (Å²) in [7, 11) is 1.47. The second-order valence-corrected chi connectivity index (χ2v) is 10.9. The van der Waals surface area contributed by atoms with Gasteiger partial charge >= 0.3 is 0 Å². The quantitative estimate of drug-likeness (QED) is 0.346. The molecule has 3 saturated heterocycles. The van der Waals surface area contributed by atoms with Crippen LogP contribution in [0.4, 0.5) is 29.2 Å². The van der Waals surface area contributed by atoms with Crippen molar-refractivity contribution in [3.63, 3.8) is 0 Å². The number of fused-ring (bicyclic) bond motifs is 4. The molecule has 6 heterocycles. The largest absolute Gasteiger partial charge is 0.479 e. The number of hydrogen-bond acceptors (Lipinski definition) is 8. The van der Waals surface area contributed by atoms with Gasteiger partial charge in [0.05, 0.1) is 63.3 Å². The van der Waals surface area contributed by atoms with E-state index in [1.54, 1.807) is 20.5 Å². The van der Waals surface area contributed by atoms with Crippen LogP contribution < -0.4 is 10.1 Å². The Bertz CT molecular complexity index is 1490. The van der Waals surface area contributed by atoms with Crippen LogP contribution in [0.1, 0.15) is 24.9 Å². The van der Waals surface area contributed by atoms with Gasteiger partial charge < -0.3 is 14.8 Å². The number of nitrogens with one attached hydrogen (secondary N) is 1. The molecule has 3 fully saturated rings. The summed E-state index contributed by atoms with van der Waals surface area (Å²) in [6, 6.07) is 6.32. The molecule has 3 aromatic rings. The second kappa shape index (κ2) is 9.38. The standard InChI is InChI=1S/C27H29F4N7O2/c1-14-22-23(37(22)10-21(28)29)18-9-15(3-4-19(18)32-14)17-5-8-38-24(17)25(39-2)34-26(35-38)33-20-6-7-36(13-27(20,30)31)16-11-40-12-16/h3-5,8-9,16,20-23H,6-7,10-13H2,1-2H3,(H,33,35)/t20-,22?,23?,37?/m0/s1. The molecule has 0 amide bonds. The van der Waals surface area contributed by atoms with Crippen LogP contribution in [0.5, 0.6) is 5.88 Å². The van der Waals surface area contributed by atoms with Crippen LogP contribution in [0.25, 0.3) is 16.6 Å². The van der Waals surface area contributed by atoms with Gasteiger partial charge in [-0.2, -0.15) is 4.98 Å². The number of ether oxygens (including phenoxy) is 2. The molecular formula is C27H29F4N7O2. The summed E-state index contributed by atoms with van der Waals surface area (Å²) in [4.78, 5) is 12.6. The minimum absolute atomic E-state index is 0.0512. The average Bonchev–Trinajstić information content (AvgIpc) is 3.42. The van der Waals surface area contributed by atoms with Crippen LogP contribution in [0.3, 0.4) is 0 Å². The Hall–Kier alpha value is -3.29. The van der Waals surface area contributed by atoms with Crippen LogP contribution in [0, 0.1) is 0 Å². The highest BCUT2D eigenvalue weighted by Crippen LogP contribution is 2.52. The van der Waals surface area contributed by atoms with Crippen molar-refractivity contribution in [3.8, 4) is 17.0 Å². The maximum Gasteiger partial charge on any atom is 0.280 e. The molecule has 0 bridgehead atoms. The molecule has 7 rings (SSSR count). The fourth-order valence-electron chi connectivity index (χ4n) is 6.27. The van der Waals surface area contributed by atoms with Gasteiger partial charge in [0.25, 0.3) is 12.3 Å². The molecule has 4 aliphatic rings. The molecule has 3 unspecified atom stereocenters. The Balaban J connectivity index is 1.17. The van der Waals surface area contributed by atoms with Crippen molar-refractivity contribution < 1.29 is 27.0 Å². The van der Waals surface area contributed by atoms with Gasteiger partial charge in [0, 0.05) is 24.0 Å². The number of methoxy groups -OCH3 is 1. The summed E-state index contributed by atoms with van der Waals surface area (Å²) in [6.07, 6.45) is -0.455. The third-order valence-corrected chi connectivity index (χ3v) is 8.40. The van der Waals surface area contributed by atoms with Gasteiger partial charge in [-0.25, -0.2) is 22.1 Å².